The summed E-state index contributed by atoms with van der Waals surface area (Å²) in [5, 5.41) is 19.5. The average Bonchev–Trinajstić information content (AvgIpc) is 3.52. The van der Waals surface area contributed by atoms with Gasteiger partial charge in [-0.05, 0) is 29.5 Å². The van der Waals surface area contributed by atoms with Crippen molar-refractivity contribution in [3.8, 4) is 11.6 Å². The zero-order valence-corrected chi connectivity index (χ0v) is 18.5. The first-order valence-corrected chi connectivity index (χ1v) is 11.5. The van der Waals surface area contributed by atoms with E-state index in [-0.39, 0.29) is 0 Å². The van der Waals surface area contributed by atoms with Gasteiger partial charge in [-0.2, -0.15) is 0 Å². The number of nitrogens with one attached hydrogen (secondary N) is 1. The third kappa shape index (κ3) is 2.91. The summed E-state index contributed by atoms with van der Waals surface area (Å²) in [5.41, 5.74) is 8.30. The Kier molecular flexibility index (Phi) is 4.21. The first kappa shape index (κ1) is 19.0. The molecule has 6 aromatic rings. The molecular formula is C25H16N8S. The van der Waals surface area contributed by atoms with Gasteiger partial charge >= 0.3 is 0 Å². The van der Waals surface area contributed by atoms with Crippen LogP contribution in [0.5, 0.6) is 0 Å². The summed E-state index contributed by atoms with van der Waals surface area (Å²) in [4.78, 5) is 5.65. The first-order chi connectivity index (χ1) is 16.9. The molecule has 4 heterocycles. The number of hydrogen-bond donors (Lipinski definition) is 1. The van der Waals surface area contributed by atoms with Crippen molar-refractivity contribution in [2.45, 2.75) is 5.16 Å². The molecule has 0 unspecified atom stereocenters. The van der Waals surface area contributed by atoms with Crippen LogP contribution in [0.3, 0.4) is 0 Å². The number of fused-ring (bicyclic) bond motifs is 4. The Balaban J connectivity index is 1.39. The van der Waals surface area contributed by atoms with Crippen LogP contribution in [0.1, 0.15) is 11.1 Å². The number of benzene rings is 3. The van der Waals surface area contributed by atoms with Gasteiger partial charge in [0, 0.05) is 15.9 Å². The molecule has 0 aliphatic carbocycles. The normalized spacial score (nSPS) is 13.3. The number of aromatic nitrogens is 7. The van der Waals surface area contributed by atoms with Gasteiger partial charge in [-0.3, -0.25) is 9.83 Å². The predicted molar refractivity (Wildman–Crippen MR) is 132 cm³/mol. The Morgan fingerprint density at radius 2 is 1.38 bits per heavy atom. The van der Waals surface area contributed by atoms with Gasteiger partial charge in [0.05, 0.1) is 11.2 Å². The van der Waals surface area contributed by atoms with Crippen LogP contribution in [0.25, 0.3) is 38.8 Å². The highest BCUT2D eigenvalue weighted by Gasteiger charge is 2.28. The number of rotatable bonds is 3. The third-order valence-electron chi connectivity index (χ3n) is 5.73. The molecule has 0 amide bonds. The molecule has 9 heteroatoms. The Morgan fingerprint density at radius 3 is 2.21 bits per heavy atom. The van der Waals surface area contributed by atoms with Crippen molar-refractivity contribution >= 4 is 38.9 Å². The first-order valence-electron chi connectivity index (χ1n) is 10.7. The second-order valence-electron chi connectivity index (χ2n) is 7.77. The predicted octanol–water partition coefficient (Wildman–Crippen LogP) is 4.71. The van der Waals surface area contributed by atoms with Gasteiger partial charge in [0.25, 0.3) is 0 Å². The fourth-order valence-corrected chi connectivity index (χ4v) is 5.12. The van der Waals surface area contributed by atoms with Crippen molar-refractivity contribution in [2.75, 3.05) is 5.43 Å². The van der Waals surface area contributed by atoms with Crippen molar-refractivity contribution in [1.29, 1.82) is 0 Å². The molecule has 0 spiro atoms. The molecule has 8 nitrogen and oxygen atoms in total. The standard InChI is InChI=1S/C25H16N8S/c1-3-9-16(10-4-1)20-21(17-11-5-2-6-12-17)34-25-30-29-24(33(25)31-20)23-28-27-22-18-13-7-8-14-19(18)26-15-32(22)23/h1-15,31H. The highest BCUT2D eigenvalue weighted by Crippen LogP contribution is 2.42. The largest absolute Gasteiger partial charge is 0.289 e. The second-order valence-corrected chi connectivity index (χ2v) is 8.75. The Morgan fingerprint density at radius 1 is 0.676 bits per heavy atom. The van der Waals surface area contributed by atoms with E-state index in [2.05, 4.69) is 55.1 Å². The van der Waals surface area contributed by atoms with Crippen LogP contribution >= 0.6 is 11.8 Å². The summed E-state index contributed by atoms with van der Waals surface area (Å²) in [6, 6.07) is 28.4. The number of nitrogens with zero attached hydrogens (tertiary/aromatic N) is 7. The maximum atomic E-state index is 4.57. The maximum Gasteiger partial charge on any atom is 0.222 e. The highest BCUT2D eigenvalue weighted by molar-refractivity contribution is 8.08. The fourth-order valence-electron chi connectivity index (χ4n) is 4.11. The number of hydrogen-bond acceptors (Lipinski definition) is 7. The second kappa shape index (κ2) is 7.53. The SMILES string of the molecule is c1ccc(C2=C(c3ccccc3)Sc3nnc(-c4nnc5c6ccccc6ncn45)n3N2)cc1. The molecule has 0 atom stereocenters. The lowest BCUT2D eigenvalue weighted by Gasteiger charge is -2.24. The molecule has 0 saturated carbocycles. The molecular weight excluding hydrogens is 444 g/mol. The average molecular weight is 461 g/mol. The minimum absolute atomic E-state index is 0.563. The summed E-state index contributed by atoms with van der Waals surface area (Å²) >= 11 is 1.57. The van der Waals surface area contributed by atoms with Crippen molar-refractivity contribution < 1.29 is 0 Å². The summed E-state index contributed by atoms with van der Waals surface area (Å²) < 4.78 is 3.72. The minimum Gasteiger partial charge on any atom is -0.289 e. The summed E-state index contributed by atoms with van der Waals surface area (Å²) in [7, 11) is 0. The molecule has 162 valence electrons. The van der Waals surface area contributed by atoms with E-state index in [4.69, 9.17) is 0 Å². The zero-order chi connectivity index (χ0) is 22.5. The van der Waals surface area contributed by atoms with Crippen LogP contribution in [0.15, 0.2) is 96.4 Å². The number of para-hydroxylation sites is 1. The molecule has 1 aliphatic rings. The molecule has 0 radical (unpaired) electrons. The molecule has 7 rings (SSSR count). The lowest BCUT2D eigenvalue weighted by Crippen LogP contribution is -2.20. The van der Waals surface area contributed by atoms with Crippen LogP contribution in [-0.4, -0.2) is 34.5 Å². The smallest absolute Gasteiger partial charge is 0.222 e. The van der Waals surface area contributed by atoms with Gasteiger partial charge in [0.15, 0.2) is 5.65 Å². The van der Waals surface area contributed by atoms with E-state index in [1.165, 1.54) is 0 Å². The van der Waals surface area contributed by atoms with Crippen LogP contribution in [0.4, 0.5) is 0 Å². The molecule has 3 aromatic heterocycles. The Bertz CT molecular complexity index is 1700. The van der Waals surface area contributed by atoms with Crippen molar-refractivity contribution in [2.24, 2.45) is 0 Å². The molecule has 0 fully saturated rings. The lowest BCUT2D eigenvalue weighted by atomic mass is 10.1. The zero-order valence-electron chi connectivity index (χ0n) is 17.7. The van der Waals surface area contributed by atoms with Gasteiger partial charge in [-0.25, -0.2) is 9.66 Å². The van der Waals surface area contributed by atoms with E-state index in [1.807, 2.05) is 69.7 Å². The van der Waals surface area contributed by atoms with Gasteiger partial charge < -0.3 is 0 Å². The molecule has 0 saturated heterocycles. The summed E-state index contributed by atoms with van der Waals surface area (Å²) in [5.74, 6) is 1.13. The van der Waals surface area contributed by atoms with E-state index >= 15 is 0 Å². The summed E-state index contributed by atoms with van der Waals surface area (Å²) in [6.45, 7) is 0. The molecule has 1 N–H and O–H groups in total. The van der Waals surface area contributed by atoms with Crippen LogP contribution in [0.2, 0.25) is 0 Å². The molecule has 0 bridgehead atoms. The quantitative estimate of drug-likeness (QED) is 0.409. The maximum absolute atomic E-state index is 4.57. The van der Waals surface area contributed by atoms with Crippen molar-refractivity contribution in [1.82, 2.24) is 34.5 Å². The molecule has 34 heavy (non-hydrogen) atoms. The van der Waals surface area contributed by atoms with E-state index in [0.29, 0.717) is 11.6 Å². The van der Waals surface area contributed by atoms with E-state index in [1.54, 1.807) is 18.1 Å². The van der Waals surface area contributed by atoms with E-state index < -0.39 is 0 Å². The van der Waals surface area contributed by atoms with Crippen molar-refractivity contribution in [3.05, 3.63) is 102 Å². The van der Waals surface area contributed by atoms with Crippen LogP contribution < -0.4 is 5.43 Å². The Hall–Kier alpha value is -4.50. The van der Waals surface area contributed by atoms with Gasteiger partial charge in [0.1, 0.15) is 6.33 Å². The fraction of sp³-hybridized carbons (Fsp3) is 0. The van der Waals surface area contributed by atoms with E-state index in [9.17, 15) is 0 Å². The van der Waals surface area contributed by atoms with Crippen LogP contribution in [-0.2, 0) is 0 Å². The van der Waals surface area contributed by atoms with Gasteiger partial charge in [-0.1, -0.05) is 72.8 Å². The monoisotopic (exact) mass is 460 g/mol. The Labute approximate surface area is 198 Å². The number of thioether (sulfide) groups is 1. The molecule has 3 aromatic carbocycles. The van der Waals surface area contributed by atoms with E-state index in [0.717, 1.165) is 43.4 Å². The van der Waals surface area contributed by atoms with Gasteiger partial charge in [0.2, 0.25) is 16.8 Å². The third-order valence-corrected chi connectivity index (χ3v) is 6.82. The van der Waals surface area contributed by atoms with Gasteiger partial charge in [-0.15, -0.1) is 20.4 Å². The lowest BCUT2D eigenvalue weighted by molar-refractivity contribution is 0.821. The van der Waals surface area contributed by atoms with Crippen molar-refractivity contribution in [3.63, 3.8) is 0 Å². The topological polar surface area (TPSA) is 85.8 Å². The minimum atomic E-state index is 0.563. The molecule has 1 aliphatic heterocycles. The van der Waals surface area contributed by atoms with Crippen LogP contribution in [0, 0.1) is 0 Å². The summed E-state index contributed by atoms with van der Waals surface area (Å²) in [6.07, 6.45) is 1.73. The highest BCUT2D eigenvalue weighted by atomic mass is 32.2.